The number of hydrogen-bond acceptors (Lipinski definition) is 1. The van der Waals surface area contributed by atoms with Gasteiger partial charge in [0.25, 0.3) is 0 Å². The maximum absolute atomic E-state index is 8.19. The summed E-state index contributed by atoms with van der Waals surface area (Å²) in [6.07, 6.45) is 13.1. The zero-order valence-corrected chi connectivity index (χ0v) is 10.2. The summed E-state index contributed by atoms with van der Waals surface area (Å²) >= 11 is 5.87. The molecule has 0 heterocycles. The minimum absolute atomic E-state index is 0.209. The Kier molecular flexibility index (Phi) is 3.45. The Balaban J connectivity index is 2.07. The Labute approximate surface area is 102 Å². The van der Waals surface area contributed by atoms with Gasteiger partial charge < -0.3 is 5.41 Å². The fourth-order valence-corrected chi connectivity index (χ4v) is 2.17. The molecule has 0 amide bonds. The highest BCUT2D eigenvalue weighted by Gasteiger charge is 2.17. The molecular formula is C14H16ClN. The predicted molar refractivity (Wildman–Crippen MR) is 70.0 cm³/mol. The standard InChI is InChI=1S/C14H16ClN/c1-10-2-4-11(5-3-10)14(16)12-6-8-13(15)9-7-12/h2,4,6,8-9,12,16H,3,5,7H2,1H3. The predicted octanol–water partition coefficient (Wildman–Crippen LogP) is 4.37. The highest BCUT2D eigenvalue weighted by Crippen LogP contribution is 2.26. The van der Waals surface area contributed by atoms with Crippen LogP contribution in [-0.2, 0) is 0 Å². The van der Waals surface area contributed by atoms with E-state index in [1.807, 2.05) is 18.2 Å². The normalized spacial score (nSPS) is 24.6. The van der Waals surface area contributed by atoms with Gasteiger partial charge in [-0.1, -0.05) is 41.5 Å². The van der Waals surface area contributed by atoms with E-state index in [1.165, 1.54) is 11.1 Å². The van der Waals surface area contributed by atoms with Gasteiger partial charge in [-0.05, 0) is 37.8 Å². The Hall–Kier alpha value is -1.08. The van der Waals surface area contributed by atoms with E-state index >= 15 is 0 Å². The van der Waals surface area contributed by atoms with E-state index in [1.54, 1.807) is 0 Å². The SMILES string of the molecule is CC1=CC=C(C(=N)C2C=CC(Cl)=CC2)CC1. The summed E-state index contributed by atoms with van der Waals surface area (Å²) in [6.45, 7) is 2.14. The van der Waals surface area contributed by atoms with E-state index in [0.29, 0.717) is 0 Å². The summed E-state index contributed by atoms with van der Waals surface area (Å²) in [6, 6.07) is 0. The second-order valence-electron chi connectivity index (χ2n) is 4.41. The molecule has 0 fully saturated rings. The van der Waals surface area contributed by atoms with Crippen molar-refractivity contribution in [2.24, 2.45) is 5.92 Å². The van der Waals surface area contributed by atoms with Crippen LogP contribution in [0.2, 0.25) is 0 Å². The van der Waals surface area contributed by atoms with Crippen molar-refractivity contribution < 1.29 is 0 Å². The average Bonchev–Trinajstić information content (AvgIpc) is 2.30. The van der Waals surface area contributed by atoms with E-state index in [2.05, 4.69) is 19.1 Å². The first-order chi connectivity index (χ1) is 7.66. The summed E-state index contributed by atoms with van der Waals surface area (Å²) in [5, 5.41) is 8.98. The van der Waals surface area contributed by atoms with Gasteiger partial charge in [-0.25, -0.2) is 0 Å². The average molecular weight is 234 g/mol. The lowest BCUT2D eigenvalue weighted by atomic mass is 9.86. The topological polar surface area (TPSA) is 23.9 Å². The van der Waals surface area contributed by atoms with E-state index < -0.39 is 0 Å². The molecule has 2 aliphatic rings. The maximum Gasteiger partial charge on any atom is 0.0417 e. The molecule has 2 rings (SSSR count). The van der Waals surface area contributed by atoms with Crippen LogP contribution < -0.4 is 0 Å². The third-order valence-electron chi connectivity index (χ3n) is 3.13. The lowest BCUT2D eigenvalue weighted by Gasteiger charge is -2.20. The lowest BCUT2D eigenvalue weighted by Crippen LogP contribution is -2.16. The first-order valence-electron chi connectivity index (χ1n) is 5.66. The van der Waals surface area contributed by atoms with E-state index in [4.69, 9.17) is 17.0 Å². The van der Waals surface area contributed by atoms with Crippen LogP contribution in [-0.4, -0.2) is 5.71 Å². The van der Waals surface area contributed by atoms with Gasteiger partial charge in [0.05, 0.1) is 0 Å². The molecule has 1 atom stereocenters. The van der Waals surface area contributed by atoms with Crippen LogP contribution in [0.15, 0.2) is 46.6 Å². The van der Waals surface area contributed by atoms with Crippen LogP contribution in [0.4, 0.5) is 0 Å². The molecule has 0 aromatic carbocycles. The highest BCUT2D eigenvalue weighted by atomic mass is 35.5. The number of hydrogen-bond donors (Lipinski definition) is 1. The van der Waals surface area contributed by atoms with E-state index in [0.717, 1.165) is 30.0 Å². The first-order valence-corrected chi connectivity index (χ1v) is 6.03. The number of halogens is 1. The van der Waals surface area contributed by atoms with Crippen molar-refractivity contribution in [2.75, 3.05) is 0 Å². The molecule has 1 N–H and O–H groups in total. The zero-order valence-electron chi connectivity index (χ0n) is 9.46. The molecule has 2 aliphatic carbocycles. The number of allylic oxidation sites excluding steroid dienone is 8. The van der Waals surface area contributed by atoms with Crippen LogP contribution in [0.5, 0.6) is 0 Å². The third-order valence-corrected chi connectivity index (χ3v) is 3.41. The van der Waals surface area contributed by atoms with Crippen LogP contribution in [0.1, 0.15) is 26.2 Å². The van der Waals surface area contributed by atoms with Gasteiger partial charge in [0.1, 0.15) is 0 Å². The summed E-state index contributed by atoms with van der Waals surface area (Å²) < 4.78 is 0. The van der Waals surface area contributed by atoms with Gasteiger partial charge in [-0.3, -0.25) is 0 Å². The molecule has 0 saturated carbocycles. The molecule has 0 spiro atoms. The molecule has 16 heavy (non-hydrogen) atoms. The van der Waals surface area contributed by atoms with Crippen molar-refractivity contribution >= 4 is 17.3 Å². The van der Waals surface area contributed by atoms with Crippen molar-refractivity contribution in [3.63, 3.8) is 0 Å². The molecule has 1 nitrogen and oxygen atoms in total. The summed E-state index contributed by atoms with van der Waals surface area (Å²) in [7, 11) is 0. The van der Waals surface area contributed by atoms with Crippen LogP contribution >= 0.6 is 11.6 Å². The minimum atomic E-state index is 0.209. The Morgan fingerprint density at radius 1 is 1.38 bits per heavy atom. The Morgan fingerprint density at radius 2 is 2.19 bits per heavy atom. The van der Waals surface area contributed by atoms with Crippen molar-refractivity contribution in [3.8, 4) is 0 Å². The first kappa shape index (κ1) is 11.4. The smallest absolute Gasteiger partial charge is 0.0417 e. The van der Waals surface area contributed by atoms with Crippen LogP contribution in [0.25, 0.3) is 0 Å². The molecule has 0 radical (unpaired) electrons. The fraction of sp³-hybridized carbons (Fsp3) is 0.357. The quantitative estimate of drug-likeness (QED) is 0.685. The summed E-state index contributed by atoms with van der Waals surface area (Å²) in [5.74, 6) is 0.209. The van der Waals surface area contributed by atoms with Gasteiger partial charge in [-0.15, -0.1) is 0 Å². The molecule has 0 bridgehead atoms. The Bertz CT molecular complexity index is 424. The van der Waals surface area contributed by atoms with Gasteiger partial charge in [0, 0.05) is 16.7 Å². The molecule has 0 saturated heterocycles. The minimum Gasteiger partial charge on any atom is -0.304 e. The van der Waals surface area contributed by atoms with Gasteiger partial charge >= 0.3 is 0 Å². The van der Waals surface area contributed by atoms with Crippen molar-refractivity contribution in [3.05, 3.63) is 46.6 Å². The largest absolute Gasteiger partial charge is 0.304 e. The third kappa shape index (κ3) is 2.53. The number of nitrogens with one attached hydrogen (secondary N) is 1. The fourth-order valence-electron chi connectivity index (χ4n) is 2.01. The number of rotatable bonds is 2. The highest BCUT2D eigenvalue weighted by molar-refractivity contribution is 6.31. The lowest BCUT2D eigenvalue weighted by molar-refractivity contribution is 0.837. The van der Waals surface area contributed by atoms with Gasteiger partial charge in [-0.2, -0.15) is 0 Å². The molecule has 84 valence electrons. The van der Waals surface area contributed by atoms with Crippen molar-refractivity contribution in [2.45, 2.75) is 26.2 Å². The van der Waals surface area contributed by atoms with Crippen LogP contribution in [0.3, 0.4) is 0 Å². The molecule has 0 aromatic heterocycles. The molecule has 0 aromatic rings. The van der Waals surface area contributed by atoms with Gasteiger partial charge in [0.15, 0.2) is 0 Å². The summed E-state index contributed by atoms with van der Waals surface area (Å²) in [4.78, 5) is 0. The molecule has 0 aliphatic heterocycles. The maximum atomic E-state index is 8.19. The van der Waals surface area contributed by atoms with E-state index in [9.17, 15) is 0 Å². The zero-order chi connectivity index (χ0) is 11.5. The second-order valence-corrected chi connectivity index (χ2v) is 4.85. The van der Waals surface area contributed by atoms with E-state index in [-0.39, 0.29) is 5.92 Å². The van der Waals surface area contributed by atoms with Crippen molar-refractivity contribution in [1.29, 1.82) is 5.41 Å². The summed E-state index contributed by atoms with van der Waals surface area (Å²) in [5.41, 5.74) is 3.32. The molecule has 2 heteroatoms. The molecular weight excluding hydrogens is 218 g/mol. The second kappa shape index (κ2) is 4.84. The van der Waals surface area contributed by atoms with Crippen LogP contribution in [0, 0.1) is 11.3 Å². The molecule has 1 unspecified atom stereocenters. The van der Waals surface area contributed by atoms with Gasteiger partial charge in [0.2, 0.25) is 0 Å². The monoisotopic (exact) mass is 233 g/mol. The van der Waals surface area contributed by atoms with Crippen molar-refractivity contribution in [1.82, 2.24) is 0 Å². The Morgan fingerprint density at radius 3 is 2.75 bits per heavy atom.